The Kier molecular flexibility index (Phi) is 8.77. The van der Waals surface area contributed by atoms with Gasteiger partial charge in [-0.05, 0) is 49.1 Å². The summed E-state index contributed by atoms with van der Waals surface area (Å²) in [5, 5.41) is 15.1. The summed E-state index contributed by atoms with van der Waals surface area (Å²) in [6.07, 6.45) is 4.16. The molecule has 2 heterocycles. The Morgan fingerprint density at radius 3 is 2.47 bits per heavy atom. The third-order valence-electron chi connectivity index (χ3n) is 6.92. The maximum absolute atomic E-state index is 13.7. The van der Waals surface area contributed by atoms with E-state index in [0.717, 1.165) is 38.2 Å². The highest BCUT2D eigenvalue weighted by atomic mass is 35.5. The van der Waals surface area contributed by atoms with E-state index >= 15 is 0 Å². The Balaban J connectivity index is 1.60. The van der Waals surface area contributed by atoms with Crippen LogP contribution in [0.4, 0.5) is 14.9 Å². The molecule has 202 valence electrons. The normalized spacial score (nSPS) is 18.6. The number of nitrogens with zero attached hydrogens (tertiary/aromatic N) is 3. The molecule has 2 aliphatic rings. The third kappa shape index (κ3) is 6.58. The molecule has 12 heteroatoms. The lowest BCUT2D eigenvalue weighted by molar-refractivity contribution is -0.138. The molecule has 1 aromatic heterocycles. The van der Waals surface area contributed by atoms with Crippen LogP contribution in [0.2, 0.25) is 5.15 Å². The van der Waals surface area contributed by atoms with Crippen LogP contribution in [0.5, 0.6) is 0 Å². The second-order valence-corrected chi connectivity index (χ2v) is 9.87. The number of benzene rings is 1. The third-order valence-corrected chi connectivity index (χ3v) is 7.14. The number of hydrogen-bond donors (Lipinski definition) is 3. The summed E-state index contributed by atoms with van der Waals surface area (Å²) in [4.78, 5) is 58.2. The predicted octanol–water partition coefficient (Wildman–Crippen LogP) is 3.73. The van der Waals surface area contributed by atoms with E-state index in [2.05, 4.69) is 15.6 Å². The Hall–Kier alpha value is -3.73. The highest BCUT2D eigenvalue weighted by molar-refractivity contribution is 6.29. The number of carbonyl (C=O) groups is 4. The van der Waals surface area contributed by atoms with Crippen LogP contribution in [-0.4, -0.2) is 69.0 Å². The Bertz CT molecular complexity index is 1190. The van der Waals surface area contributed by atoms with Gasteiger partial charge in [0.15, 0.2) is 6.17 Å². The van der Waals surface area contributed by atoms with Crippen molar-refractivity contribution in [1.29, 1.82) is 0 Å². The summed E-state index contributed by atoms with van der Waals surface area (Å²) in [6.45, 7) is 0.0716. The van der Waals surface area contributed by atoms with Crippen LogP contribution in [0.3, 0.4) is 0 Å². The molecule has 2 aromatic rings. The van der Waals surface area contributed by atoms with Crippen LogP contribution in [0, 0.1) is 11.7 Å². The van der Waals surface area contributed by atoms with E-state index in [1.54, 1.807) is 0 Å². The Morgan fingerprint density at radius 2 is 1.82 bits per heavy atom. The van der Waals surface area contributed by atoms with Gasteiger partial charge in [0.25, 0.3) is 11.8 Å². The summed E-state index contributed by atoms with van der Waals surface area (Å²) in [6, 6.07) is 6.87. The molecular weight excluding hydrogens is 517 g/mol. The van der Waals surface area contributed by atoms with Gasteiger partial charge >= 0.3 is 12.0 Å². The molecule has 1 aromatic carbocycles. The summed E-state index contributed by atoms with van der Waals surface area (Å²) in [5.41, 5.74) is 0.362. The minimum atomic E-state index is -1.35. The smallest absolute Gasteiger partial charge is 0.323 e. The molecule has 1 aliphatic heterocycles. The van der Waals surface area contributed by atoms with E-state index in [1.807, 2.05) is 0 Å². The van der Waals surface area contributed by atoms with Crippen molar-refractivity contribution in [3.8, 4) is 0 Å². The zero-order valence-corrected chi connectivity index (χ0v) is 21.4. The lowest BCUT2D eigenvalue weighted by Gasteiger charge is -2.34. The van der Waals surface area contributed by atoms with E-state index < -0.39 is 41.8 Å². The van der Waals surface area contributed by atoms with Crippen LogP contribution in [0.1, 0.15) is 48.9 Å². The summed E-state index contributed by atoms with van der Waals surface area (Å²) >= 11 is 5.84. The second-order valence-electron chi connectivity index (χ2n) is 9.49. The molecule has 2 unspecified atom stereocenters. The minimum Gasteiger partial charge on any atom is -0.481 e. The van der Waals surface area contributed by atoms with Crippen molar-refractivity contribution in [2.45, 2.75) is 50.7 Å². The topological polar surface area (TPSA) is 132 Å². The van der Waals surface area contributed by atoms with E-state index in [-0.39, 0.29) is 41.8 Å². The van der Waals surface area contributed by atoms with Gasteiger partial charge in [0.05, 0.1) is 12.0 Å². The number of pyridine rings is 1. The largest absolute Gasteiger partial charge is 0.481 e. The van der Waals surface area contributed by atoms with Gasteiger partial charge in [0.1, 0.15) is 11.0 Å². The molecular formula is C26H29ClFN5O5. The number of nitrogens with one attached hydrogen (secondary N) is 2. The fourth-order valence-corrected chi connectivity index (χ4v) is 5.20. The second kappa shape index (κ2) is 12.2. The lowest BCUT2D eigenvalue weighted by atomic mass is 9.82. The van der Waals surface area contributed by atoms with Crippen molar-refractivity contribution in [3.05, 3.63) is 59.1 Å². The zero-order valence-electron chi connectivity index (χ0n) is 20.6. The molecule has 0 spiro atoms. The predicted molar refractivity (Wildman–Crippen MR) is 137 cm³/mol. The standard InChI is InChI=1S/C26H29ClFN5O5/c27-21-10-9-17(15-29-21)25(37)32-11-12-33(26(38)30-19-8-4-7-18(28)13-19)24(32)23(36)31-20(14-22(34)35)16-5-2-1-3-6-16/h4,7-10,13,15-16,20,24H,1-3,5-6,11-12,14H2,(H,30,38)(H,31,36)(H,34,35). The summed E-state index contributed by atoms with van der Waals surface area (Å²) < 4.78 is 13.7. The number of urea groups is 1. The van der Waals surface area contributed by atoms with Crippen molar-refractivity contribution in [1.82, 2.24) is 20.1 Å². The number of carbonyl (C=O) groups excluding carboxylic acids is 3. The monoisotopic (exact) mass is 545 g/mol. The maximum Gasteiger partial charge on any atom is 0.323 e. The van der Waals surface area contributed by atoms with Gasteiger partial charge in [-0.3, -0.25) is 19.3 Å². The molecule has 2 fully saturated rings. The van der Waals surface area contributed by atoms with Gasteiger partial charge in [-0.2, -0.15) is 0 Å². The number of rotatable bonds is 7. The number of carboxylic acids is 1. The van der Waals surface area contributed by atoms with Crippen LogP contribution >= 0.6 is 11.6 Å². The number of aromatic nitrogens is 1. The van der Waals surface area contributed by atoms with E-state index in [1.165, 1.54) is 46.3 Å². The molecule has 4 rings (SSSR count). The van der Waals surface area contributed by atoms with Crippen LogP contribution in [0.25, 0.3) is 0 Å². The first-order chi connectivity index (χ1) is 18.2. The molecule has 0 bridgehead atoms. The SMILES string of the molecule is O=C(O)CC(NC(=O)C1N(C(=O)Nc2cccc(F)c2)CCN1C(=O)c1ccc(Cl)nc1)C1CCCCC1. The fraction of sp³-hybridized carbons (Fsp3) is 0.423. The average molecular weight is 546 g/mol. The molecule has 2 atom stereocenters. The maximum atomic E-state index is 13.7. The number of amides is 4. The molecule has 1 saturated carbocycles. The van der Waals surface area contributed by atoms with E-state index in [9.17, 15) is 28.7 Å². The van der Waals surface area contributed by atoms with Crippen molar-refractivity contribution in [2.24, 2.45) is 5.92 Å². The molecule has 1 saturated heterocycles. The van der Waals surface area contributed by atoms with Gasteiger partial charge in [0.2, 0.25) is 0 Å². The number of hydrogen-bond acceptors (Lipinski definition) is 5. The number of anilines is 1. The first-order valence-corrected chi connectivity index (χ1v) is 12.9. The van der Waals surface area contributed by atoms with Crippen molar-refractivity contribution < 1.29 is 28.7 Å². The Morgan fingerprint density at radius 1 is 1.08 bits per heavy atom. The number of halogens is 2. The van der Waals surface area contributed by atoms with Gasteiger partial charge in [-0.15, -0.1) is 0 Å². The average Bonchev–Trinajstić information content (AvgIpc) is 3.34. The molecule has 38 heavy (non-hydrogen) atoms. The van der Waals surface area contributed by atoms with Gasteiger partial charge < -0.3 is 20.6 Å². The molecule has 1 aliphatic carbocycles. The number of carboxylic acid groups (broad SMARTS) is 1. The quantitative estimate of drug-likeness (QED) is 0.454. The van der Waals surface area contributed by atoms with Crippen LogP contribution in [-0.2, 0) is 9.59 Å². The van der Waals surface area contributed by atoms with Crippen molar-refractivity contribution in [2.75, 3.05) is 18.4 Å². The minimum absolute atomic E-state index is 0.0237. The van der Waals surface area contributed by atoms with E-state index in [0.29, 0.717) is 0 Å². The van der Waals surface area contributed by atoms with Gasteiger partial charge in [0, 0.05) is 31.0 Å². The number of aliphatic carboxylic acids is 1. The zero-order chi connectivity index (χ0) is 27.2. The lowest BCUT2D eigenvalue weighted by Crippen LogP contribution is -2.57. The Labute approximate surface area is 224 Å². The molecule has 10 nitrogen and oxygen atoms in total. The summed E-state index contributed by atoms with van der Waals surface area (Å²) in [5.74, 6) is -2.82. The first kappa shape index (κ1) is 27.3. The summed E-state index contributed by atoms with van der Waals surface area (Å²) in [7, 11) is 0. The molecule has 0 radical (unpaired) electrons. The van der Waals surface area contributed by atoms with Crippen molar-refractivity contribution in [3.63, 3.8) is 0 Å². The molecule has 3 N–H and O–H groups in total. The van der Waals surface area contributed by atoms with Crippen LogP contribution in [0.15, 0.2) is 42.6 Å². The fourth-order valence-electron chi connectivity index (χ4n) is 5.08. The van der Waals surface area contributed by atoms with Gasteiger partial charge in [-0.25, -0.2) is 14.2 Å². The highest BCUT2D eigenvalue weighted by Gasteiger charge is 2.44. The van der Waals surface area contributed by atoms with E-state index in [4.69, 9.17) is 11.6 Å². The van der Waals surface area contributed by atoms with Crippen molar-refractivity contribution >= 4 is 41.1 Å². The first-order valence-electron chi connectivity index (χ1n) is 12.5. The van der Waals surface area contributed by atoms with Gasteiger partial charge in [-0.1, -0.05) is 36.9 Å². The highest BCUT2D eigenvalue weighted by Crippen LogP contribution is 2.29. The molecule has 4 amide bonds. The van der Waals surface area contributed by atoms with Crippen LogP contribution < -0.4 is 10.6 Å².